The molecule has 3 aromatic rings. The molecule has 0 saturated heterocycles. The molecule has 0 aliphatic carbocycles. The van der Waals surface area contributed by atoms with Crippen LogP contribution in [0.1, 0.15) is 11.3 Å². The average molecular weight is 402 g/mol. The van der Waals surface area contributed by atoms with Gasteiger partial charge in [0.2, 0.25) is 5.91 Å². The topological polar surface area (TPSA) is 79.3 Å². The Kier molecular flexibility index (Phi) is 6.10. The molecule has 0 fully saturated rings. The summed E-state index contributed by atoms with van der Waals surface area (Å²) in [4.78, 5) is 28.0. The number of nitrogens with zero attached hydrogens (tertiary/aromatic N) is 1. The van der Waals surface area contributed by atoms with Crippen LogP contribution >= 0.6 is 11.3 Å². The van der Waals surface area contributed by atoms with E-state index in [4.69, 9.17) is 0 Å². The van der Waals surface area contributed by atoms with E-state index in [9.17, 15) is 23.5 Å². The number of nitrogens with one attached hydrogen (secondary N) is 1. The predicted octanol–water partition coefficient (Wildman–Crippen LogP) is 3.44. The van der Waals surface area contributed by atoms with Crippen molar-refractivity contribution >= 4 is 23.2 Å². The lowest BCUT2D eigenvalue weighted by molar-refractivity contribution is -0.141. The molecule has 5 nitrogen and oxygen atoms in total. The molecule has 1 atom stereocenters. The first kappa shape index (κ1) is 19.6. The zero-order chi connectivity index (χ0) is 20.1. The number of halogens is 2. The number of carbonyl (C=O) groups is 2. The Morgan fingerprint density at radius 3 is 2.25 bits per heavy atom. The van der Waals surface area contributed by atoms with Gasteiger partial charge in [0.05, 0.1) is 12.1 Å². The molecule has 1 unspecified atom stereocenters. The van der Waals surface area contributed by atoms with Crippen LogP contribution in [0, 0.1) is 11.6 Å². The molecule has 144 valence electrons. The third-order valence-electron chi connectivity index (χ3n) is 3.97. The van der Waals surface area contributed by atoms with E-state index >= 15 is 0 Å². The van der Waals surface area contributed by atoms with Crippen LogP contribution in [0.4, 0.5) is 8.78 Å². The molecular weight excluding hydrogens is 386 g/mol. The number of benzene rings is 2. The first-order valence-electron chi connectivity index (χ1n) is 8.37. The van der Waals surface area contributed by atoms with Crippen molar-refractivity contribution < 1.29 is 23.5 Å². The summed E-state index contributed by atoms with van der Waals surface area (Å²) in [6.45, 7) is 0. The summed E-state index contributed by atoms with van der Waals surface area (Å²) in [5.74, 6) is -2.42. The number of carboxylic acid groups (broad SMARTS) is 1. The summed E-state index contributed by atoms with van der Waals surface area (Å²) in [6.07, 6.45) is -0.0376. The molecule has 1 aromatic heterocycles. The van der Waals surface area contributed by atoms with Crippen LogP contribution < -0.4 is 5.32 Å². The van der Waals surface area contributed by atoms with Crippen LogP contribution in [-0.4, -0.2) is 28.0 Å². The first-order chi connectivity index (χ1) is 13.4. The molecule has 1 heterocycles. The quantitative estimate of drug-likeness (QED) is 0.635. The molecule has 0 radical (unpaired) electrons. The van der Waals surface area contributed by atoms with Gasteiger partial charge in [-0.05, 0) is 42.0 Å². The second-order valence-electron chi connectivity index (χ2n) is 6.12. The summed E-state index contributed by atoms with van der Waals surface area (Å²) >= 11 is 1.31. The van der Waals surface area contributed by atoms with E-state index in [2.05, 4.69) is 10.3 Å². The molecule has 0 aliphatic rings. The SMILES string of the molecule is O=C(Cc1csc(-c2ccc(F)cc2)n1)NC(Cc1ccc(F)cc1)C(=O)O. The standard InChI is InChI=1S/C20H16F2N2O3S/c21-14-5-1-12(2-6-14)9-17(20(26)27)24-18(25)10-16-11-28-19(23-16)13-3-7-15(22)8-4-13/h1-8,11,17H,9-10H2,(H,24,25)(H,26,27). The molecule has 0 saturated carbocycles. The van der Waals surface area contributed by atoms with Crippen LogP contribution in [0.5, 0.6) is 0 Å². The Morgan fingerprint density at radius 1 is 1.04 bits per heavy atom. The third-order valence-corrected chi connectivity index (χ3v) is 4.91. The van der Waals surface area contributed by atoms with Crippen LogP contribution in [0.15, 0.2) is 53.9 Å². The number of carboxylic acids is 1. The molecule has 8 heteroatoms. The fraction of sp³-hybridized carbons (Fsp3) is 0.150. The monoisotopic (exact) mass is 402 g/mol. The molecule has 2 aromatic carbocycles. The summed E-state index contributed by atoms with van der Waals surface area (Å²) in [6, 6.07) is 10.2. The van der Waals surface area contributed by atoms with Gasteiger partial charge in [-0.25, -0.2) is 18.6 Å². The van der Waals surface area contributed by atoms with Crippen molar-refractivity contribution in [3.8, 4) is 10.6 Å². The Morgan fingerprint density at radius 2 is 1.64 bits per heavy atom. The van der Waals surface area contributed by atoms with Gasteiger partial charge in [0.15, 0.2) is 0 Å². The maximum Gasteiger partial charge on any atom is 0.326 e. The number of aromatic nitrogens is 1. The molecule has 0 spiro atoms. The molecule has 3 rings (SSSR count). The minimum absolute atomic E-state index is 0.0409. The number of thiazole rings is 1. The van der Waals surface area contributed by atoms with Gasteiger partial charge in [-0.15, -0.1) is 11.3 Å². The Balaban J connectivity index is 1.62. The van der Waals surface area contributed by atoms with Gasteiger partial charge in [-0.1, -0.05) is 12.1 Å². The van der Waals surface area contributed by atoms with Gasteiger partial charge >= 0.3 is 5.97 Å². The third kappa shape index (κ3) is 5.20. The van der Waals surface area contributed by atoms with Gasteiger partial charge in [0.1, 0.15) is 22.7 Å². The lowest BCUT2D eigenvalue weighted by atomic mass is 10.1. The van der Waals surface area contributed by atoms with Gasteiger partial charge in [-0.3, -0.25) is 4.79 Å². The van der Waals surface area contributed by atoms with Gasteiger partial charge < -0.3 is 10.4 Å². The largest absolute Gasteiger partial charge is 0.480 e. The molecular formula is C20H16F2N2O3S. The van der Waals surface area contributed by atoms with E-state index in [1.54, 1.807) is 17.5 Å². The maximum atomic E-state index is 13.0. The van der Waals surface area contributed by atoms with Crippen molar-refractivity contribution in [2.75, 3.05) is 0 Å². The number of hydrogen-bond donors (Lipinski definition) is 2. The molecule has 0 aliphatic heterocycles. The van der Waals surface area contributed by atoms with E-state index in [0.717, 1.165) is 5.56 Å². The number of amides is 1. The summed E-state index contributed by atoms with van der Waals surface area (Å²) in [5.41, 5.74) is 1.83. The zero-order valence-corrected chi connectivity index (χ0v) is 15.4. The number of hydrogen-bond acceptors (Lipinski definition) is 4. The number of carbonyl (C=O) groups excluding carboxylic acids is 1. The molecule has 28 heavy (non-hydrogen) atoms. The summed E-state index contributed by atoms with van der Waals surface area (Å²) < 4.78 is 26.0. The molecule has 2 N–H and O–H groups in total. The van der Waals surface area contributed by atoms with Crippen LogP contribution in [-0.2, 0) is 22.4 Å². The van der Waals surface area contributed by atoms with E-state index in [1.165, 1.54) is 47.7 Å². The maximum absolute atomic E-state index is 13.0. The highest BCUT2D eigenvalue weighted by Gasteiger charge is 2.21. The first-order valence-corrected chi connectivity index (χ1v) is 9.25. The lowest BCUT2D eigenvalue weighted by Gasteiger charge is -2.14. The van der Waals surface area contributed by atoms with Crippen molar-refractivity contribution in [2.45, 2.75) is 18.9 Å². The van der Waals surface area contributed by atoms with E-state index in [-0.39, 0.29) is 18.7 Å². The highest BCUT2D eigenvalue weighted by molar-refractivity contribution is 7.13. The fourth-order valence-corrected chi connectivity index (χ4v) is 3.41. The van der Waals surface area contributed by atoms with Crippen LogP contribution in [0.2, 0.25) is 0 Å². The van der Waals surface area contributed by atoms with Crippen molar-refractivity contribution in [2.24, 2.45) is 0 Å². The minimum Gasteiger partial charge on any atom is -0.480 e. The summed E-state index contributed by atoms with van der Waals surface area (Å²) in [7, 11) is 0. The summed E-state index contributed by atoms with van der Waals surface area (Å²) in [5, 5.41) is 14.2. The predicted molar refractivity (Wildman–Crippen MR) is 101 cm³/mol. The van der Waals surface area contributed by atoms with E-state index in [1.807, 2.05) is 0 Å². The smallest absolute Gasteiger partial charge is 0.326 e. The fourth-order valence-electron chi connectivity index (χ4n) is 2.58. The van der Waals surface area contributed by atoms with Crippen molar-refractivity contribution in [3.05, 3.63) is 76.8 Å². The van der Waals surface area contributed by atoms with Crippen molar-refractivity contribution in [1.82, 2.24) is 10.3 Å². The van der Waals surface area contributed by atoms with Crippen LogP contribution in [0.3, 0.4) is 0 Å². The average Bonchev–Trinajstić information content (AvgIpc) is 3.11. The van der Waals surface area contributed by atoms with Gasteiger partial charge in [0, 0.05) is 17.4 Å². The highest BCUT2D eigenvalue weighted by Crippen LogP contribution is 2.24. The van der Waals surface area contributed by atoms with Crippen LogP contribution in [0.25, 0.3) is 10.6 Å². The van der Waals surface area contributed by atoms with Gasteiger partial charge in [0.25, 0.3) is 0 Å². The minimum atomic E-state index is -1.18. The van der Waals surface area contributed by atoms with Crippen molar-refractivity contribution in [3.63, 3.8) is 0 Å². The normalized spacial score (nSPS) is 11.8. The van der Waals surface area contributed by atoms with Gasteiger partial charge in [-0.2, -0.15) is 0 Å². The zero-order valence-electron chi connectivity index (χ0n) is 14.6. The highest BCUT2D eigenvalue weighted by atomic mass is 32.1. The number of aliphatic carboxylic acids is 1. The Labute approximate surface area is 163 Å². The second kappa shape index (κ2) is 8.71. The van der Waals surface area contributed by atoms with E-state index < -0.39 is 23.7 Å². The number of rotatable bonds is 7. The van der Waals surface area contributed by atoms with Crippen molar-refractivity contribution in [1.29, 1.82) is 0 Å². The second-order valence-corrected chi connectivity index (χ2v) is 6.97. The van der Waals surface area contributed by atoms with E-state index in [0.29, 0.717) is 16.3 Å². The molecule has 1 amide bonds. The lowest BCUT2D eigenvalue weighted by Crippen LogP contribution is -2.43. The molecule has 0 bridgehead atoms. The Hall–Kier alpha value is -3.13. The Bertz CT molecular complexity index is 972.